The van der Waals surface area contributed by atoms with Gasteiger partial charge in [-0.05, 0) is 32.4 Å². The van der Waals surface area contributed by atoms with Crippen LogP contribution in [0.3, 0.4) is 0 Å². The molecule has 0 aliphatic carbocycles. The molecule has 1 aromatic carbocycles. The Kier molecular flexibility index (Phi) is 3.80. The normalized spacial score (nSPS) is 10.1. The van der Waals surface area contributed by atoms with Crippen molar-refractivity contribution in [2.24, 2.45) is 0 Å². The van der Waals surface area contributed by atoms with Crippen molar-refractivity contribution in [3.8, 4) is 11.8 Å². The summed E-state index contributed by atoms with van der Waals surface area (Å²) in [6.07, 6.45) is 0. The van der Waals surface area contributed by atoms with Crippen LogP contribution < -0.4 is 0 Å². The molecule has 0 atom stereocenters. The number of rotatable bonds is 3. The van der Waals surface area contributed by atoms with Crippen molar-refractivity contribution in [1.82, 2.24) is 15.0 Å². The van der Waals surface area contributed by atoms with Crippen LogP contribution in [-0.2, 0) is 4.74 Å². The lowest BCUT2D eigenvalue weighted by Gasteiger charge is -2.04. The number of aryl methyl sites for hydroxylation is 3. The van der Waals surface area contributed by atoms with Crippen molar-refractivity contribution in [3.63, 3.8) is 0 Å². The van der Waals surface area contributed by atoms with Crippen LogP contribution >= 0.6 is 0 Å². The van der Waals surface area contributed by atoms with Gasteiger partial charge in [-0.3, -0.25) is 0 Å². The summed E-state index contributed by atoms with van der Waals surface area (Å²) in [5.74, 6) is -0.639. The second kappa shape index (κ2) is 5.53. The van der Waals surface area contributed by atoms with Gasteiger partial charge in [-0.25, -0.2) is 4.79 Å². The van der Waals surface area contributed by atoms with E-state index in [1.807, 2.05) is 32.0 Å². The van der Waals surface area contributed by atoms with Crippen LogP contribution in [0.5, 0.6) is 0 Å². The Morgan fingerprint density at radius 3 is 2.75 bits per heavy atom. The Bertz CT molecular complexity index is 698. The lowest BCUT2D eigenvalue weighted by Crippen LogP contribution is -2.08. The minimum absolute atomic E-state index is 0.125. The molecule has 0 spiro atoms. The summed E-state index contributed by atoms with van der Waals surface area (Å²) in [6, 6.07) is 7.61. The van der Waals surface area contributed by atoms with Crippen LogP contribution in [0.1, 0.15) is 27.3 Å². The van der Waals surface area contributed by atoms with Crippen LogP contribution in [0, 0.1) is 32.1 Å². The Balaban J connectivity index is 2.36. The number of hydrogen-bond donors (Lipinski definition) is 0. The van der Waals surface area contributed by atoms with Crippen molar-refractivity contribution in [2.75, 3.05) is 6.61 Å². The van der Waals surface area contributed by atoms with E-state index in [4.69, 9.17) is 10.00 Å². The molecule has 0 aliphatic rings. The fourth-order valence-electron chi connectivity index (χ4n) is 1.87. The zero-order chi connectivity index (χ0) is 14.7. The Morgan fingerprint density at radius 2 is 2.10 bits per heavy atom. The number of carbonyl (C=O) groups excluding carboxylic acids is 1. The topological polar surface area (TPSA) is 80.8 Å². The van der Waals surface area contributed by atoms with Gasteiger partial charge >= 0.3 is 5.97 Å². The minimum Gasteiger partial charge on any atom is -0.445 e. The van der Waals surface area contributed by atoms with Gasteiger partial charge in [0.2, 0.25) is 0 Å². The molecule has 0 amide bonds. The van der Waals surface area contributed by atoms with E-state index in [0.29, 0.717) is 5.69 Å². The lowest BCUT2D eigenvalue weighted by molar-refractivity contribution is 0.0547. The summed E-state index contributed by atoms with van der Waals surface area (Å²) in [4.78, 5) is 13.1. The summed E-state index contributed by atoms with van der Waals surface area (Å²) in [6.45, 7) is 5.34. The first-order valence-electron chi connectivity index (χ1n) is 6.08. The van der Waals surface area contributed by atoms with Crippen LogP contribution in [0.4, 0.5) is 0 Å². The third kappa shape index (κ3) is 2.67. The zero-order valence-corrected chi connectivity index (χ0v) is 11.5. The second-order valence-corrected chi connectivity index (χ2v) is 4.45. The molecule has 2 aromatic rings. The molecule has 0 saturated heterocycles. The van der Waals surface area contributed by atoms with E-state index in [9.17, 15) is 4.79 Å². The van der Waals surface area contributed by atoms with E-state index in [0.717, 1.165) is 16.8 Å². The number of hydrogen-bond acceptors (Lipinski definition) is 5. The molecule has 1 aromatic heterocycles. The van der Waals surface area contributed by atoms with E-state index in [1.54, 1.807) is 13.0 Å². The van der Waals surface area contributed by atoms with Crippen molar-refractivity contribution >= 4 is 5.97 Å². The summed E-state index contributed by atoms with van der Waals surface area (Å²) in [5, 5.41) is 16.8. The molecule has 1 heterocycles. The Labute approximate surface area is 116 Å². The van der Waals surface area contributed by atoms with Gasteiger partial charge in [0.25, 0.3) is 0 Å². The largest absolute Gasteiger partial charge is 0.445 e. The molecule has 102 valence electrons. The lowest BCUT2D eigenvalue weighted by atomic mass is 10.1. The van der Waals surface area contributed by atoms with Gasteiger partial charge in [-0.2, -0.15) is 15.2 Å². The van der Waals surface area contributed by atoms with Gasteiger partial charge in [0, 0.05) is 0 Å². The van der Waals surface area contributed by atoms with Crippen molar-refractivity contribution in [1.29, 1.82) is 5.26 Å². The highest BCUT2D eigenvalue weighted by Crippen LogP contribution is 2.15. The van der Waals surface area contributed by atoms with Crippen LogP contribution in [0.25, 0.3) is 5.69 Å². The molecule has 0 N–H and O–H groups in total. The molecule has 6 nitrogen and oxygen atoms in total. The fraction of sp³-hybridized carbons (Fsp3) is 0.286. The van der Waals surface area contributed by atoms with Gasteiger partial charge in [0.1, 0.15) is 6.07 Å². The van der Waals surface area contributed by atoms with Gasteiger partial charge < -0.3 is 4.74 Å². The van der Waals surface area contributed by atoms with Crippen molar-refractivity contribution in [3.05, 3.63) is 40.7 Å². The zero-order valence-electron chi connectivity index (χ0n) is 11.5. The maximum Gasteiger partial charge on any atom is 0.361 e. The van der Waals surface area contributed by atoms with E-state index in [1.165, 1.54) is 4.80 Å². The number of esters is 1. The van der Waals surface area contributed by atoms with Crippen LogP contribution in [0.2, 0.25) is 0 Å². The van der Waals surface area contributed by atoms with E-state index >= 15 is 0 Å². The monoisotopic (exact) mass is 270 g/mol. The van der Waals surface area contributed by atoms with Crippen molar-refractivity contribution < 1.29 is 9.53 Å². The van der Waals surface area contributed by atoms with Gasteiger partial charge in [-0.1, -0.05) is 17.7 Å². The van der Waals surface area contributed by atoms with E-state index in [-0.39, 0.29) is 12.3 Å². The standard InChI is InChI=1S/C14H14N4O2/c1-9-4-5-12(10(2)8-9)18-16-11(3)13(17-18)14(19)20-7-6-15/h4-5,8H,7H2,1-3H3. The minimum atomic E-state index is -0.639. The predicted molar refractivity (Wildman–Crippen MR) is 71.5 cm³/mol. The van der Waals surface area contributed by atoms with Crippen LogP contribution in [-0.4, -0.2) is 27.6 Å². The second-order valence-electron chi connectivity index (χ2n) is 4.45. The molecule has 0 aliphatic heterocycles. The Morgan fingerprint density at radius 1 is 1.35 bits per heavy atom. The molecule has 0 unspecified atom stereocenters. The highest BCUT2D eigenvalue weighted by atomic mass is 16.5. The van der Waals surface area contributed by atoms with Gasteiger partial charge in [-0.15, -0.1) is 5.10 Å². The number of benzene rings is 1. The first-order chi connectivity index (χ1) is 9.52. The molecule has 20 heavy (non-hydrogen) atoms. The van der Waals surface area contributed by atoms with Crippen LogP contribution in [0.15, 0.2) is 18.2 Å². The smallest absolute Gasteiger partial charge is 0.361 e. The summed E-state index contributed by atoms with van der Waals surface area (Å²) >= 11 is 0. The molecular formula is C14H14N4O2. The number of nitrogens with zero attached hydrogens (tertiary/aromatic N) is 4. The molecular weight excluding hydrogens is 256 g/mol. The average Bonchev–Trinajstić information content (AvgIpc) is 2.78. The maximum atomic E-state index is 11.7. The third-order valence-corrected chi connectivity index (χ3v) is 2.81. The third-order valence-electron chi connectivity index (χ3n) is 2.81. The van der Waals surface area contributed by atoms with Gasteiger partial charge in [0.05, 0.1) is 11.4 Å². The first kappa shape index (κ1) is 13.7. The summed E-state index contributed by atoms with van der Waals surface area (Å²) in [7, 11) is 0. The van der Waals surface area contributed by atoms with Crippen molar-refractivity contribution in [2.45, 2.75) is 20.8 Å². The molecule has 0 saturated carbocycles. The molecule has 6 heteroatoms. The number of nitriles is 1. The molecule has 0 fully saturated rings. The maximum absolute atomic E-state index is 11.7. The quantitative estimate of drug-likeness (QED) is 0.795. The first-order valence-corrected chi connectivity index (χ1v) is 6.08. The highest BCUT2D eigenvalue weighted by Gasteiger charge is 2.18. The van der Waals surface area contributed by atoms with E-state index in [2.05, 4.69) is 10.2 Å². The summed E-state index contributed by atoms with van der Waals surface area (Å²) in [5.41, 5.74) is 3.55. The molecule has 2 rings (SSSR count). The highest BCUT2D eigenvalue weighted by molar-refractivity contribution is 5.88. The number of aromatic nitrogens is 3. The summed E-state index contributed by atoms with van der Waals surface area (Å²) < 4.78 is 4.74. The Hall–Kier alpha value is -2.68. The fourth-order valence-corrected chi connectivity index (χ4v) is 1.87. The van der Waals surface area contributed by atoms with Gasteiger partial charge in [0.15, 0.2) is 12.3 Å². The SMILES string of the molecule is Cc1ccc(-n2nc(C)c(C(=O)OCC#N)n2)c(C)c1. The number of carbonyl (C=O) groups is 1. The molecule has 0 bridgehead atoms. The number of ether oxygens (including phenoxy) is 1. The molecule has 0 radical (unpaired) electrons. The average molecular weight is 270 g/mol. The predicted octanol–water partition coefficient (Wildman–Crippen LogP) is 1.87. The van der Waals surface area contributed by atoms with E-state index < -0.39 is 5.97 Å².